The van der Waals surface area contributed by atoms with E-state index in [0.29, 0.717) is 12.2 Å². The number of ether oxygens (including phenoxy) is 2. The van der Waals surface area contributed by atoms with E-state index in [1.807, 2.05) is 26.1 Å². The van der Waals surface area contributed by atoms with Crippen molar-refractivity contribution >= 4 is 5.84 Å². The largest absolute Gasteiger partial charge is 0.492 e. The standard InChI is InChI=1S/C14H23N3O2/c1-3-18-10-8-17(2)9-11-19-13-6-4-12(5-7-13)14(15)16/h4-7H,3,8-11H2,1-2H3,(H3,15,16). The first-order valence-electron chi connectivity index (χ1n) is 6.47. The van der Waals surface area contributed by atoms with Crippen LogP contribution in [0, 0.1) is 5.41 Å². The molecule has 1 aromatic rings. The number of nitrogens with two attached hydrogens (primary N) is 1. The Morgan fingerprint density at radius 3 is 2.42 bits per heavy atom. The normalized spacial score (nSPS) is 10.7. The third kappa shape index (κ3) is 6.22. The van der Waals surface area contributed by atoms with Gasteiger partial charge in [0.05, 0.1) is 6.61 Å². The predicted molar refractivity (Wildman–Crippen MR) is 76.9 cm³/mol. The Morgan fingerprint density at radius 1 is 1.21 bits per heavy atom. The highest BCUT2D eigenvalue weighted by Gasteiger charge is 2.00. The zero-order valence-corrected chi connectivity index (χ0v) is 11.7. The lowest BCUT2D eigenvalue weighted by Crippen LogP contribution is -2.27. The van der Waals surface area contributed by atoms with Crippen LogP contribution in [0.5, 0.6) is 5.75 Å². The van der Waals surface area contributed by atoms with Gasteiger partial charge < -0.3 is 20.1 Å². The number of nitrogen functional groups attached to an aromatic ring is 1. The van der Waals surface area contributed by atoms with Crippen molar-refractivity contribution in [2.75, 3.05) is 40.0 Å². The molecule has 0 saturated heterocycles. The number of nitrogens with zero attached hydrogens (tertiary/aromatic N) is 1. The van der Waals surface area contributed by atoms with E-state index in [9.17, 15) is 0 Å². The molecule has 1 rings (SSSR count). The molecule has 0 fully saturated rings. The van der Waals surface area contributed by atoms with Crippen LogP contribution in [-0.4, -0.2) is 50.7 Å². The molecule has 0 saturated carbocycles. The summed E-state index contributed by atoms with van der Waals surface area (Å²) in [5, 5.41) is 7.30. The molecular formula is C14H23N3O2. The van der Waals surface area contributed by atoms with E-state index in [1.165, 1.54) is 0 Å². The maximum Gasteiger partial charge on any atom is 0.122 e. The number of amidine groups is 1. The van der Waals surface area contributed by atoms with E-state index >= 15 is 0 Å². The summed E-state index contributed by atoms with van der Waals surface area (Å²) in [5.74, 6) is 0.866. The Hall–Kier alpha value is -1.59. The number of likely N-dealkylation sites (N-methyl/N-ethyl adjacent to an activating group) is 1. The van der Waals surface area contributed by atoms with Crippen molar-refractivity contribution in [3.8, 4) is 5.75 Å². The van der Waals surface area contributed by atoms with E-state index in [-0.39, 0.29) is 5.84 Å². The predicted octanol–water partition coefficient (Wildman–Crippen LogP) is 1.32. The Bertz CT molecular complexity index is 379. The highest BCUT2D eigenvalue weighted by molar-refractivity contribution is 5.94. The summed E-state index contributed by atoms with van der Waals surface area (Å²) in [6.07, 6.45) is 0. The Kier molecular flexibility index (Phi) is 6.92. The van der Waals surface area contributed by atoms with Crippen LogP contribution in [0.2, 0.25) is 0 Å². The molecule has 19 heavy (non-hydrogen) atoms. The monoisotopic (exact) mass is 265 g/mol. The van der Waals surface area contributed by atoms with Crippen molar-refractivity contribution in [2.24, 2.45) is 5.73 Å². The first kappa shape index (κ1) is 15.5. The maximum absolute atomic E-state index is 7.30. The van der Waals surface area contributed by atoms with Crippen LogP contribution in [0.15, 0.2) is 24.3 Å². The van der Waals surface area contributed by atoms with Gasteiger partial charge in [0.1, 0.15) is 18.2 Å². The summed E-state index contributed by atoms with van der Waals surface area (Å²) in [6, 6.07) is 7.24. The number of hydrogen-bond acceptors (Lipinski definition) is 4. The van der Waals surface area contributed by atoms with Gasteiger partial charge in [-0.2, -0.15) is 0 Å². The highest BCUT2D eigenvalue weighted by Crippen LogP contribution is 2.11. The van der Waals surface area contributed by atoms with Crippen molar-refractivity contribution < 1.29 is 9.47 Å². The number of hydrogen-bond donors (Lipinski definition) is 2. The first-order valence-corrected chi connectivity index (χ1v) is 6.47. The van der Waals surface area contributed by atoms with Gasteiger partial charge in [-0.1, -0.05) is 0 Å². The van der Waals surface area contributed by atoms with Crippen LogP contribution < -0.4 is 10.5 Å². The lowest BCUT2D eigenvalue weighted by atomic mass is 10.2. The molecular weight excluding hydrogens is 242 g/mol. The number of nitrogens with one attached hydrogen (secondary N) is 1. The molecule has 5 heteroatoms. The summed E-state index contributed by atoms with van der Waals surface area (Å²) >= 11 is 0. The SMILES string of the molecule is CCOCCN(C)CCOc1ccc(C(=N)N)cc1. The van der Waals surface area contributed by atoms with Crippen LogP contribution in [0.3, 0.4) is 0 Å². The second kappa shape index (κ2) is 8.50. The molecule has 106 valence electrons. The van der Waals surface area contributed by atoms with E-state index in [4.69, 9.17) is 20.6 Å². The lowest BCUT2D eigenvalue weighted by Gasteiger charge is -2.16. The molecule has 0 bridgehead atoms. The smallest absolute Gasteiger partial charge is 0.122 e. The van der Waals surface area contributed by atoms with Gasteiger partial charge in [0.15, 0.2) is 0 Å². The summed E-state index contributed by atoms with van der Waals surface area (Å²) in [5.41, 5.74) is 6.10. The minimum absolute atomic E-state index is 0.0715. The average Bonchev–Trinajstić information content (AvgIpc) is 2.39. The third-order valence-electron chi connectivity index (χ3n) is 2.73. The van der Waals surface area contributed by atoms with Crippen molar-refractivity contribution in [2.45, 2.75) is 6.92 Å². The van der Waals surface area contributed by atoms with Crippen LogP contribution in [-0.2, 0) is 4.74 Å². The van der Waals surface area contributed by atoms with Crippen molar-refractivity contribution in [3.05, 3.63) is 29.8 Å². The summed E-state index contributed by atoms with van der Waals surface area (Å²) in [4.78, 5) is 2.17. The second-order valence-electron chi connectivity index (χ2n) is 4.29. The molecule has 1 aromatic carbocycles. The summed E-state index contributed by atoms with van der Waals surface area (Å²) < 4.78 is 10.9. The van der Waals surface area contributed by atoms with Crippen molar-refractivity contribution in [1.29, 1.82) is 5.41 Å². The first-order chi connectivity index (χ1) is 9.13. The molecule has 0 spiro atoms. The van der Waals surface area contributed by atoms with Gasteiger partial charge in [-0.15, -0.1) is 0 Å². The molecule has 0 aromatic heterocycles. The van der Waals surface area contributed by atoms with Gasteiger partial charge in [-0.3, -0.25) is 5.41 Å². The zero-order valence-electron chi connectivity index (χ0n) is 11.7. The van der Waals surface area contributed by atoms with Gasteiger partial charge >= 0.3 is 0 Å². The maximum atomic E-state index is 7.30. The third-order valence-corrected chi connectivity index (χ3v) is 2.73. The topological polar surface area (TPSA) is 71.6 Å². The van der Waals surface area contributed by atoms with Gasteiger partial charge in [0.2, 0.25) is 0 Å². The van der Waals surface area contributed by atoms with Gasteiger partial charge in [0.25, 0.3) is 0 Å². The lowest BCUT2D eigenvalue weighted by molar-refractivity contribution is 0.116. The summed E-state index contributed by atoms with van der Waals surface area (Å²) in [7, 11) is 2.04. The Balaban J connectivity index is 2.23. The van der Waals surface area contributed by atoms with Crippen molar-refractivity contribution in [3.63, 3.8) is 0 Å². The summed E-state index contributed by atoms with van der Waals surface area (Å²) in [6.45, 7) is 5.88. The fourth-order valence-electron chi connectivity index (χ4n) is 1.53. The van der Waals surface area contributed by atoms with Crippen LogP contribution in [0.1, 0.15) is 12.5 Å². The molecule has 3 N–H and O–H groups in total. The molecule has 0 atom stereocenters. The van der Waals surface area contributed by atoms with Gasteiger partial charge in [-0.25, -0.2) is 0 Å². The highest BCUT2D eigenvalue weighted by atomic mass is 16.5. The molecule has 5 nitrogen and oxygen atoms in total. The fourth-order valence-corrected chi connectivity index (χ4v) is 1.53. The molecule has 0 aliphatic carbocycles. The van der Waals surface area contributed by atoms with E-state index in [2.05, 4.69) is 4.90 Å². The van der Waals surface area contributed by atoms with Gasteiger partial charge in [-0.05, 0) is 38.2 Å². The number of rotatable bonds is 9. The van der Waals surface area contributed by atoms with E-state index in [1.54, 1.807) is 12.1 Å². The van der Waals surface area contributed by atoms with Crippen molar-refractivity contribution in [1.82, 2.24) is 4.90 Å². The number of benzene rings is 1. The fraction of sp³-hybridized carbons (Fsp3) is 0.500. The van der Waals surface area contributed by atoms with E-state index in [0.717, 1.165) is 32.1 Å². The van der Waals surface area contributed by atoms with Gasteiger partial charge in [0, 0.05) is 25.3 Å². The minimum atomic E-state index is 0.0715. The zero-order chi connectivity index (χ0) is 14.1. The van der Waals surface area contributed by atoms with Crippen LogP contribution >= 0.6 is 0 Å². The van der Waals surface area contributed by atoms with Crippen LogP contribution in [0.25, 0.3) is 0 Å². The second-order valence-corrected chi connectivity index (χ2v) is 4.29. The molecule has 0 radical (unpaired) electrons. The molecule has 0 amide bonds. The molecule has 0 unspecified atom stereocenters. The van der Waals surface area contributed by atoms with E-state index < -0.39 is 0 Å². The van der Waals surface area contributed by atoms with Crippen LogP contribution in [0.4, 0.5) is 0 Å². The minimum Gasteiger partial charge on any atom is -0.492 e. The average molecular weight is 265 g/mol. The molecule has 0 heterocycles. The Morgan fingerprint density at radius 2 is 1.84 bits per heavy atom. The quantitative estimate of drug-likeness (QED) is 0.401. The molecule has 0 aliphatic heterocycles. The Labute approximate surface area is 114 Å². The molecule has 0 aliphatic rings.